The quantitative estimate of drug-likeness (QED) is 0.504. The molecule has 6 nitrogen and oxygen atoms in total. The van der Waals surface area contributed by atoms with Crippen LogP contribution in [0.25, 0.3) is 6.08 Å². The van der Waals surface area contributed by atoms with Crippen molar-refractivity contribution >= 4 is 29.6 Å². The Morgan fingerprint density at radius 1 is 1.29 bits per heavy atom. The van der Waals surface area contributed by atoms with Crippen LogP contribution in [0, 0.1) is 24.0 Å². The molecule has 3 unspecified atom stereocenters. The van der Waals surface area contributed by atoms with Crippen LogP contribution in [0.4, 0.5) is 14.5 Å². The number of hydrogen-bond donors (Lipinski definition) is 3. The van der Waals surface area contributed by atoms with Crippen molar-refractivity contribution in [2.75, 3.05) is 18.5 Å². The lowest BCUT2D eigenvalue weighted by Crippen LogP contribution is -2.75. The molecule has 5 rings (SSSR count). The maximum absolute atomic E-state index is 13.7. The topological polar surface area (TPSA) is 77.7 Å². The molecule has 1 amide bonds. The number of fused-ring (bicyclic) bond motifs is 2. The summed E-state index contributed by atoms with van der Waals surface area (Å²) in [6.07, 6.45) is 8.67. The average molecular weight is 490 g/mol. The van der Waals surface area contributed by atoms with E-state index in [1.807, 2.05) is 17.6 Å². The zero-order valence-electron chi connectivity index (χ0n) is 19.1. The van der Waals surface area contributed by atoms with Gasteiger partial charge in [-0.25, -0.2) is 13.1 Å². The van der Waals surface area contributed by atoms with Gasteiger partial charge >= 0.3 is 0 Å². The van der Waals surface area contributed by atoms with Gasteiger partial charge in [-0.1, -0.05) is 6.08 Å². The molecule has 0 bridgehead atoms. The Kier molecular flexibility index (Phi) is 6.31. The molecule has 2 aromatic rings. The molecule has 3 aliphatic rings. The van der Waals surface area contributed by atoms with Crippen molar-refractivity contribution in [3.05, 3.63) is 52.9 Å². The van der Waals surface area contributed by atoms with Crippen LogP contribution in [0.15, 0.2) is 29.2 Å². The van der Waals surface area contributed by atoms with Gasteiger partial charge < -0.3 is 20.1 Å². The number of amides is 1. The fourth-order valence-electron chi connectivity index (χ4n) is 5.84. The number of piperidine rings is 1. The highest BCUT2D eigenvalue weighted by Gasteiger charge is 2.65. The highest BCUT2D eigenvalue weighted by atomic mass is 32.2. The number of hydrogen-bond acceptors (Lipinski definition) is 5. The second kappa shape index (κ2) is 9.11. The van der Waals surface area contributed by atoms with E-state index in [0.717, 1.165) is 54.0 Å². The van der Waals surface area contributed by atoms with Gasteiger partial charge in [0.25, 0.3) is 5.91 Å². The van der Waals surface area contributed by atoms with Crippen LogP contribution in [-0.4, -0.2) is 50.3 Å². The number of anilines is 1. The molecule has 1 aromatic carbocycles. The van der Waals surface area contributed by atoms with Gasteiger partial charge in [0.1, 0.15) is 5.69 Å². The fourth-order valence-corrected chi connectivity index (χ4v) is 7.40. The van der Waals surface area contributed by atoms with Crippen molar-refractivity contribution in [2.24, 2.45) is 5.41 Å². The van der Waals surface area contributed by atoms with E-state index >= 15 is 0 Å². The van der Waals surface area contributed by atoms with Crippen molar-refractivity contribution in [1.29, 1.82) is 0 Å². The predicted molar refractivity (Wildman–Crippen MR) is 127 cm³/mol. The van der Waals surface area contributed by atoms with E-state index in [9.17, 15) is 23.8 Å². The number of aliphatic hydroxyl groups excluding tert-OH is 2. The van der Waals surface area contributed by atoms with E-state index in [2.05, 4.69) is 15.7 Å². The van der Waals surface area contributed by atoms with E-state index in [0.29, 0.717) is 24.7 Å². The Balaban J connectivity index is 1.47. The number of aromatic nitrogens is 1. The van der Waals surface area contributed by atoms with Gasteiger partial charge in [0.15, 0.2) is 11.6 Å². The average Bonchev–Trinajstić information content (AvgIpc) is 2.93. The van der Waals surface area contributed by atoms with Gasteiger partial charge in [-0.05, 0) is 74.7 Å². The van der Waals surface area contributed by atoms with Crippen LogP contribution < -0.4 is 5.32 Å². The molecule has 1 aliphatic carbocycles. The molecule has 0 radical (unpaired) electrons. The molecule has 1 aromatic heterocycles. The van der Waals surface area contributed by atoms with E-state index in [-0.39, 0.29) is 36.3 Å². The van der Waals surface area contributed by atoms with Gasteiger partial charge in [0.05, 0.1) is 23.2 Å². The largest absolute Gasteiger partial charge is 0.396 e. The molecule has 2 fully saturated rings. The summed E-state index contributed by atoms with van der Waals surface area (Å²) >= 11 is 1.58. The fraction of sp³-hybridized carbons (Fsp3) is 0.480. The van der Waals surface area contributed by atoms with Crippen molar-refractivity contribution in [3.63, 3.8) is 0 Å². The van der Waals surface area contributed by atoms with Crippen LogP contribution >= 0.6 is 11.9 Å². The zero-order valence-corrected chi connectivity index (χ0v) is 19.9. The minimum absolute atomic E-state index is 0.0240. The maximum Gasteiger partial charge on any atom is 0.272 e. The summed E-state index contributed by atoms with van der Waals surface area (Å²) in [6, 6.07) is 3.58. The smallest absolute Gasteiger partial charge is 0.272 e. The molecule has 9 heteroatoms. The summed E-state index contributed by atoms with van der Waals surface area (Å²) in [5.41, 5.74) is 2.45. The SMILES string of the molecule is Cc1c(SN2C(CO)C3(CCO)CCC23)c2n(c1C(=O)Nc1ccc(F)c(F)c1)CCCC=C2. The summed E-state index contributed by atoms with van der Waals surface area (Å²) in [4.78, 5) is 14.3. The summed E-state index contributed by atoms with van der Waals surface area (Å²) in [6.45, 7) is 2.72. The van der Waals surface area contributed by atoms with Gasteiger partial charge in [0.2, 0.25) is 0 Å². The van der Waals surface area contributed by atoms with Gasteiger partial charge in [-0.15, -0.1) is 0 Å². The van der Waals surface area contributed by atoms with Crippen LogP contribution in [0.1, 0.15) is 53.8 Å². The zero-order chi connectivity index (χ0) is 24.0. The second-order valence-corrected chi connectivity index (χ2v) is 10.4. The predicted octanol–water partition coefficient (Wildman–Crippen LogP) is 4.35. The van der Waals surface area contributed by atoms with E-state index in [1.54, 1.807) is 11.9 Å². The Hall–Kier alpha value is -2.20. The van der Waals surface area contributed by atoms with Crippen LogP contribution in [0.3, 0.4) is 0 Å². The molecule has 3 heterocycles. The summed E-state index contributed by atoms with van der Waals surface area (Å²) in [5, 5.41) is 22.4. The third-order valence-electron chi connectivity index (χ3n) is 7.68. The summed E-state index contributed by atoms with van der Waals surface area (Å²) < 4.78 is 31.2. The number of halogens is 2. The van der Waals surface area contributed by atoms with Crippen molar-refractivity contribution in [1.82, 2.24) is 8.87 Å². The number of carbonyl (C=O) groups is 1. The minimum atomic E-state index is -1.01. The van der Waals surface area contributed by atoms with Crippen LogP contribution in [0.2, 0.25) is 0 Å². The minimum Gasteiger partial charge on any atom is -0.396 e. The monoisotopic (exact) mass is 489 g/mol. The first-order valence-corrected chi connectivity index (χ1v) is 12.5. The number of benzene rings is 1. The van der Waals surface area contributed by atoms with Crippen LogP contribution in [0.5, 0.6) is 0 Å². The van der Waals surface area contributed by atoms with E-state index < -0.39 is 11.6 Å². The molecule has 3 atom stereocenters. The first kappa shape index (κ1) is 23.5. The van der Waals surface area contributed by atoms with Crippen molar-refractivity contribution < 1.29 is 23.8 Å². The molecular weight excluding hydrogens is 460 g/mol. The molecule has 1 saturated heterocycles. The van der Waals surface area contributed by atoms with E-state index in [4.69, 9.17) is 0 Å². The number of nitrogens with zero attached hydrogens (tertiary/aromatic N) is 2. The van der Waals surface area contributed by atoms with E-state index in [1.165, 1.54) is 6.07 Å². The number of rotatable bonds is 7. The molecule has 2 aliphatic heterocycles. The Morgan fingerprint density at radius 2 is 2.12 bits per heavy atom. The first-order valence-electron chi connectivity index (χ1n) is 11.8. The number of aliphatic hydroxyl groups is 2. The third-order valence-corrected chi connectivity index (χ3v) is 9.10. The highest BCUT2D eigenvalue weighted by molar-refractivity contribution is 7.97. The lowest BCUT2D eigenvalue weighted by Gasteiger charge is -2.69. The molecular formula is C25H29F2N3O3S. The molecule has 1 saturated carbocycles. The summed E-state index contributed by atoms with van der Waals surface area (Å²) in [5.74, 6) is -2.34. The Morgan fingerprint density at radius 3 is 2.79 bits per heavy atom. The highest BCUT2D eigenvalue weighted by Crippen LogP contribution is 2.63. The maximum atomic E-state index is 13.7. The lowest BCUT2D eigenvalue weighted by atomic mass is 9.52. The molecule has 0 spiro atoms. The Bertz CT molecular complexity index is 1150. The third kappa shape index (κ3) is 3.61. The van der Waals surface area contributed by atoms with Crippen molar-refractivity contribution in [2.45, 2.75) is 62.6 Å². The summed E-state index contributed by atoms with van der Waals surface area (Å²) in [7, 11) is 0. The molecule has 182 valence electrons. The second-order valence-electron chi connectivity index (χ2n) is 9.38. The Labute approximate surface area is 201 Å². The molecule has 3 N–H and O–H groups in total. The number of allylic oxidation sites excluding steroid dienone is 1. The first-order chi connectivity index (χ1) is 16.4. The van der Waals surface area contributed by atoms with Gasteiger partial charge in [-0.3, -0.25) is 4.79 Å². The van der Waals surface area contributed by atoms with Gasteiger partial charge in [-0.2, -0.15) is 0 Å². The van der Waals surface area contributed by atoms with Crippen LogP contribution in [-0.2, 0) is 6.54 Å². The van der Waals surface area contributed by atoms with Crippen molar-refractivity contribution in [3.8, 4) is 0 Å². The standard InChI is InChI=1S/C25H29F2N3O3S/c1-15-22(24(33)28-16-6-7-17(26)18(27)13-16)29-11-4-2-3-5-19(29)23(15)34-30-20-8-9-25(20,10-12-31)21(30)14-32/h3,5-7,13,20-21,31-32H,2,4,8-12,14H2,1H3,(H,28,33). The lowest BCUT2D eigenvalue weighted by molar-refractivity contribution is -0.174. The normalized spacial score (nSPS) is 25.7. The number of nitrogens with one attached hydrogen (secondary N) is 1. The number of carbonyl (C=O) groups excluding carboxylic acids is 1. The van der Waals surface area contributed by atoms with Gasteiger partial charge in [0, 0.05) is 36.4 Å². The molecule has 34 heavy (non-hydrogen) atoms.